The molecule has 1 aliphatic heterocycles. The number of carbonyl (C=O) groups excluding carboxylic acids is 2. The lowest BCUT2D eigenvalue weighted by atomic mass is 10.0. The van der Waals surface area contributed by atoms with E-state index >= 15 is 0 Å². The maximum Gasteiger partial charge on any atom is 0.307 e. The van der Waals surface area contributed by atoms with Gasteiger partial charge in [-0.2, -0.15) is 5.10 Å². The number of aromatic nitrogens is 2. The van der Waals surface area contributed by atoms with E-state index in [1.54, 1.807) is 36.9 Å². The molecule has 1 aromatic heterocycles. The van der Waals surface area contributed by atoms with E-state index < -0.39 is 17.9 Å². The largest absolute Gasteiger partial charge is 0.481 e. The first-order valence-corrected chi connectivity index (χ1v) is 12.4. The quantitative estimate of drug-likeness (QED) is 0.421. The second kappa shape index (κ2) is 11.4. The number of benzene rings is 2. The van der Waals surface area contributed by atoms with Crippen molar-refractivity contribution in [2.24, 2.45) is 0 Å². The minimum Gasteiger partial charge on any atom is -0.481 e. The maximum absolute atomic E-state index is 13.6. The highest BCUT2D eigenvalue weighted by Crippen LogP contribution is 2.35. The number of carboxylic acids is 1. The van der Waals surface area contributed by atoms with Crippen LogP contribution in [0.15, 0.2) is 48.5 Å². The van der Waals surface area contributed by atoms with E-state index in [4.69, 9.17) is 9.47 Å². The summed E-state index contributed by atoms with van der Waals surface area (Å²) in [5.41, 5.74) is 3.38. The Morgan fingerprint density at radius 2 is 1.82 bits per heavy atom. The molecule has 0 bridgehead atoms. The summed E-state index contributed by atoms with van der Waals surface area (Å²) >= 11 is 0. The van der Waals surface area contributed by atoms with Crippen molar-refractivity contribution in [1.82, 2.24) is 15.1 Å². The van der Waals surface area contributed by atoms with Gasteiger partial charge in [-0.1, -0.05) is 44.2 Å². The number of hydrogen-bond acceptors (Lipinski definition) is 6. The zero-order valence-corrected chi connectivity index (χ0v) is 21.9. The number of amides is 2. The van der Waals surface area contributed by atoms with E-state index in [0.29, 0.717) is 40.6 Å². The number of carboxylic acid groups (broad SMARTS) is 1. The third kappa shape index (κ3) is 5.96. The summed E-state index contributed by atoms with van der Waals surface area (Å²) in [5, 5.41) is 16.7. The number of fused-ring (bicyclic) bond motifs is 1. The number of rotatable bonds is 10. The molecule has 0 spiro atoms. The Kier molecular flexibility index (Phi) is 7.99. The number of nitrogens with zero attached hydrogens (tertiary/aromatic N) is 3. The SMILES string of the molecule is Cc1nn(CC(=O)N[C@@H](Cc2ccccc2)C(=O)N(C)c2ccc3c(c2)OCO3)c(C(C)C)c1CC(=O)O. The van der Waals surface area contributed by atoms with Crippen molar-refractivity contribution in [2.45, 2.75) is 52.1 Å². The number of aliphatic carboxylic acids is 1. The molecule has 1 atom stereocenters. The van der Waals surface area contributed by atoms with Crippen LogP contribution in [0, 0.1) is 6.92 Å². The fraction of sp³-hybridized carbons (Fsp3) is 0.357. The van der Waals surface area contributed by atoms with E-state index in [9.17, 15) is 19.5 Å². The summed E-state index contributed by atoms with van der Waals surface area (Å²) in [6.07, 6.45) is 0.121. The van der Waals surface area contributed by atoms with Crippen molar-refractivity contribution in [3.8, 4) is 11.5 Å². The molecule has 3 aromatic rings. The van der Waals surface area contributed by atoms with Gasteiger partial charge in [-0.25, -0.2) is 0 Å². The first-order chi connectivity index (χ1) is 18.1. The predicted octanol–water partition coefficient (Wildman–Crippen LogP) is 3.06. The number of anilines is 1. The first-order valence-electron chi connectivity index (χ1n) is 12.4. The van der Waals surface area contributed by atoms with Gasteiger partial charge >= 0.3 is 5.97 Å². The van der Waals surface area contributed by atoms with Crippen LogP contribution in [-0.4, -0.2) is 52.6 Å². The minimum absolute atomic E-state index is 0.0442. The molecule has 0 unspecified atom stereocenters. The zero-order valence-electron chi connectivity index (χ0n) is 21.9. The molecule has 2 aromatic carbocycles. The molecule has 0 saturated heterocycles. The van der Waals surface area contributed by atoms with Gasteiger partial charge in [0.15, 0.2) is 11.5 Å². The van der Waals surface area contributed by atoms with E-state index in [-0.39, 0.29) is 31.6 Å². The van der Waals surface area contributed by atoms with Crippen LogP contribution in [0.4, 0.5) is 5.69 Å². The van der Waals surface area contributed by atoms with Crippen molar-refractivity contribution in [3.05, 3.63) is 71.0 Å². The van der Waals surface area contributed by atoms with Crippen LogP contribution in [0.5, 0.6) is 11.5 Å². The molecule has 2 N–H and O–H groups in total. The lowest BCUT2D eigenvalue weighted by molar-refractivity contribution is -0.136. The molecule has 200 valence electrons. The second-order valence-corrected chi connectivity index (χ2v) is 9.58. The van der Waals surface area contributed by atoms with Crippen molar-refractivity contribution in [3.63, 3.8) is 0 Å². The Labute approximate surface area is 221 Å². The lowest BCUT2D eigenvalue weighted by Gasteiger charge is -2.25. The minimum atomic E-state index is -0.959. The molecule has 0 fully saturated rings. The highest BCUT2D eigenvalue weighted by atomic mass is 16.7. The highest BCUT2D eigenvalue weighted by Gasteiger charge is 2.28. The number of likely N-dealkylation sites (N-methyl/N-ethyl adjacent to an activating group) is 1. The average molecular weight is 521 g/mol. The van der Waals surface area contributed by atoms with Gasteiger partial charge in [0, 0.05) is 36.5 Å². The Morgan fingerprint density at radius 3 is 2.50 bits per heavy atom. The number of aryl methyl sites for hydroxylation is 1. The van der Waals surface area contributed by atoms with Gasteiger partial charge in [0.05, 0.1) is 12.1 Å². The predicted molar refractivity (Wildman–Crippen MR) is 140 cm³/mol. The van der Waals surface area contributed by atoms with Crippen LogP contribution in [-0.2, 0) is 33.8 Å². The van der Waals surface area contributed by atoms with Gasteiger partial charge in [0.2, 0.25) is 18.6 Å². The van der Waals surface area contributed by atoms with Crippen molar-refractivity contribution < 1.29 is 29.0 Å². The Morgan fingerprint density at radius 1 is 1.11 bits per heavy atom. The third-order valence-corrected chi connectivity index (χ3v) is 6.45. The molecule has 4 rings (SSSR count). The third-order valence-electron chi connectivity index (χ3n) is 6.45. The summed E-state index contributed by atoms with van der Waals surface area (Å²) in [6.45, 7) is 5.58. The molecule has 38 heavy (non-hydrogen) atoms. The molecule has 2 heterocycles. The van der Waals surface area contributed by atoms with Crippen LogP contribution in [0.1, 0.15) is 42.3 Å². The monoisotopic (exact) mass is 520 g/mol. The molecular formula is C28H32N4O6. The zero-order chi connectivity index (χ0) is 27.4. The van der Waals surface area contributed by atoms with Crippen molar-refractivity contribution in [1.29, 1.82) is 0 Å². The van der Waals surface area contributed by atoms with Crippen molar-refractivity contribution >= 4 is 23.5 Å². The molecule has 10 heteroatoms. The molecule has 0 saturated carbocycles. The Bertz CT molecular complexity index is 1330. The summed E-state index contributed by atoms with van der Waals surface area (Å²) in [7, 11) is 1.65. The molecule has 0 radical (unpaired) electrons. The fourth-order valence-electron chi connectivity index (χ4n) is 4.65. The van der Waals surface area contributed by atoms with Crippen LogP contribution in [0.2, 0.25) is 0 Å². The highest BCUT2D eigenvalue weighted by molar-refractivity contribution is 5.99. The molecular weight excluding hydrogens is 488 g/mol. The van der Waals surface area contributed by atoms with Gasteiger partial charge in [-0.05, 0) is 30.5 Å². The van der Waals surface area contributed by atoms with E-state index in [0.717, 1.165) is 5.56 Å². The summed E-state index contributed by atoms with van der Waals surface area (Å²) in [6, 6.07) is 13.8. The standard InChI is InChI=1S/C28H32N4O6/c1-17(2)27-21(14-26(34)35)18(3)30-32(27)15-25(33)29-22(12-19-8-6-5-7-9-19)28(36)31(4)20-10-11-23-24(13-20)38-16-37-23/h5-11,13,17,22H,12,14-16H2,1-4H3,(H,29,33)(H,34,35)/t22-/m0/s1. The van der Waals surface area contributed by atoms with Crippen molar-refractivity contribution in [2.75, 3.05) is 18.7 Å². The number of hydrogen-bond donors (Lipinski definition) is 2. The van der Waals surface area contributed by atoms with Crippen LogP contribution in [0.25, 0.3) is 0 Å². The number of nitrogens with one attached hydrogen (secondary N) is 1. The van der Waals surface area contributed by atoms with Gasteiger partial charge in [-0.3, -0.25) is 19.1 Å². The van der Waals surface area contributed by atoms with Gasteiger partial charge in [-0.15, -0.1) is 0 Å². The molecule has 10 nitrogen and oxygen atoms in total. The van der Waals surface area contributed by atoms with E-state index in [1.807, 2.05) is 44.2 Å². The normalized spacial score (nSPS) is 12.9. The van der Waals surface area contributed by atoms with Gasteiger partial charge in [0.1, 0.15) is 12.6 Å². The average Bonchev–Trinajstić information content (AvgIpc) is 3.46. The first kappa shape index (κ1) is 26.7. The Hall–Kier alpha value is -4.34. The second-order valence-electron chi connectivity index (χ2n) is 9.58. The Balaban J connectivity index is 1.56. The topological polar surface area (TPSA) is 123 Å². The van der Waals surface area contributed by atoms with Gasteiger partial charge in [0.25, 0.3) is 0 Å². The lowest BCUT2D eigenvalue weighted by Crippen LogP contribution is -2.49. The van der Waals surface area contributed by atoms with Crippen LogP contribution in [0.3, 0.4) is 0 Å². The van der Waals surface area contributed by atoms with E-state index in [1.165, 1.54) is 4.90 Å². The summed E-state index contributed by atoms with van der Waals surface area (Å²) in [4.78, 5) is 39.8. The van der Waals surface area contributed by atoms with Crippen LogP contribution < -0.4 is 19.7 Å². The summed E-state index contributed by atoms with van der Waals surface area (Å²) in [5.74, 6) is -0.533. The molecule has 0 aliphatic carbocycles. The molecule has 1 aliphatic rings. The van der Waals surface area contributed by atoms with Gasteiger partial charge < -0.3 is 24.8 Å². The summed E-state index contributed by atoms with van der Waals surface area (Å²) < 4.78 is 12.4. The number of ether oxygens (including phenoxy) is 2. The number of carbonyl (C=O) groups is 3. The van der Waals surface area contributed by atoms with E-state index in [2.05, 4.69) is 10.4 Å². The van der Waals surface area contributed by atoms with Crippen LogP contribution >= 0.6 is 0 Å². The maximum atomic E-state index is 13.6. The fourth-order valence-corrected chi connectivity index (χ4v) is 4.65. The molecule has 2 amide bonds. The smallest absolute Gasteiger partial charge is 0.307 e.